The van der Waals surface area contributed by atoms with E-state index in [2.05, 4.69) is 9.88 Å². The third-order valence-corrected chi connectivity index (χ3v) is 4.09. The van der Waals surface area contributed by atoms with Gasteiger partial charge in [0.2, 0.25) is 0 Å². The van der Waals surface area contributed by atoms with Gasteiger partial charge >= 0.3 is 0 Å². The van der Waals surface area contributed by atoms with Crippen molar-refractivity contribution >= 4 is 17.7 Å². The van der Waals surface area contributed by atoms with Crippen LogP contribution in [0.25, 0.3) is 11.3 Å². The number of anilines is 1. The Hall–Kier alpha value is -2.76. The third-order valence-electron chi connectivity index (χ3n) is 4.09. The monoisotopic (exact) mass is 311 g/mol. The molecule has 3 rings (SSSR count). The molecule has 0 bridgehead atoms. The second kappa shape index (κ2) is 6.56. The van der Waals surface area contributed by atoms with Gasteiger partial charge in [-0.1, -0.05) is 0 Å². The van der Waals surface area contributed by atoms with E-state index in [1.807, 2.05) is 0 Å². The normalized spacial score (nSPS) is 14.5. The largest absolute Gasteiger partial charge is 0.372 e. The van der Waals surface area contributed by atoms with Gasteiger partial charge in [0.25, 0.3) is 5.69 Å². The van der Waals surface area contributed by atoms with Gasteiger partial charge in [0.1, 0.15) is 6.29 Å². The number of nitrogens with zero attached hydrogens (tertiary/aromatic N) is 3. The van der Waals surface area contributed by atoms with Crippen LogP contribution in [0.2, 0.25) is 0 Å². The van der Waals surface area contributed by atoms with Gasteiger partial charge in [-0.05, 0) is 43.5 Å². The van der Waals surface area contributed by atoms with E-state index in [4.69, 9.17) is 0 Å². The Bertz CT molecular complexity index is 740. The Labute approximate surface area is 133 Å². The van der Waals surface area contributed by atoms with Gasteiger partial charge in [0.15, 0.2) is 0 Å². The summed E-state index contributed by atoms with van der Waals surface area (Å²) in [5.74, 6) is 0. The zero-order valence-electron chi connectivity index (χ0n) is 12.6. The Balaban J connectivity index is 2.07. The van der Waals surface area contributed by atoms with Crippen LogP contribution in [0.3, 0.4) is 0 Å². The summed E-state index contributed by atoms with van der Waals surface area (Å²) in [4.78, 5) is 28.3. The number of carbonyl (C=O) groups is 1. The Morgan fingerprint density at radius 3 is 2.61 bits per heavy atom. The second-order valence-electron chi connectivity index (χ2n) is 5.60. The van der Waals surface area contributed by atoms with Gasteiger partial charge in [-0.2, -0.15) is 0 Å². The zero-order valence-corrected chi connectivity index (χ0v) is 12.6. The van der Waals surface area contributed by atoms with E-state index < -0.39 is 4.92 Å². The summed E-state index contributed by atoms with van der Waals surface area (Å²) in [5.41, 5.74) is 2.31. The Morgan fingerprint density at radius 2 is 1.91 bits per heavy atom. The highest BCUT2D eigenvalue weighted by Crippen LogP contribution is 2.33. The van der Waals surface area contributed by atoms with Crippen LogP contribution in [-0.4, -0.2) is 29.3 Å². The smallest absolute Gasteiger partial charge is 0.278 e. The first-order valence-corrected chi connectivity index (χ1v) is 7.64. The predicted octanol–water partition coefficient (Wildman–Crippen LogP) is 3.46. The van der Waals surface area contributed by atoms with Crippen molar-refractivity contribution in [1.29, 1.82) is 0 Å². The van der Waals surface area contributed by atoms with Crippen LogP contribution in [0.5, 0.6) is 0 Å². The minimum atomic E-state index is -0.412. The maximum Gasteiger partial charge on any atom is 0.278 e. The highest BCUT2D eigenvalue weighted by atomic mass is 16.6. The number of hydrogen-bond acceptors (Lipinski definition) is 5. The minimum absolute atomic E-state index is 0.00121. The summed E-state index contributed by atoms with van der Waals surface area (Å²) in [6.45, 7) is 1.91. The molecule has 23 heavy (non-hydrogen) atoms. The van der Waals surface area contributed by atoms with Gasteiger partial charge in [0.05, 0.1) is 16.2 Å². The van der Waals surface area contributed by atoms with Crippen molar-refractivity contribution in [3.63, 3.8) is 0 Å². The molecule has 118 valence electrons. The van der Waals surface area contributed by atoms with Crippen molar-refractivity contribution < 1.29 is 9.72 Å². The quantitative estimate of drug-likeness (QED) is 0.491. The second-order valence-corrected chi connectivity index (χ2v) is 5.60. The van der Waals surface area contributed by atoms with Crippen molar-refractivity contribution in [2.45, 2.75) is 19.3 Å². The molecule has 6 nitrogen and oxygen atoms in total. The molecule has 2 aromatic rings. The first kappa shape index (κ1) is 15.1. The molecule has 6 heteroatoms. The van der Waals surface area contributed by atoms with Crippen LogP contribution < -0.4 is 4.90 Å². The van der Waals surface area contributed by atoms with E-state index in [1.165, 1.54) is 18.7 Å². The lowest BCUT2D eigenvalue weighted by atomic mass is 10.0. The third kappa shape index (κ3) is 3.21. The molecular weight excluding hydrogens is 294 g/mol. The lowest BCUT2D eigenvalue weighted by Gasteiger charge is -2.29. The van der Waals surface area contributed by atoms with Gasteiger partial charge in [-0.15, -0.1) is 0 Å². The van der Waals surface area contributed by atoms with Crippen LogP contribution in [0.15, 0.2) is 36.5 Å². The summed E-state index contributed by atoms with van der Waals surface area (Å²) in [6, 6.07) is 8.28. The molecule has 1 aliphatic heterocycles. The highest BCUT2D eigenvalue weighted by Gasteiger charge is 2.20. The van der Waals surface area contributed by atoms with Gasteiger partial charge in [-0.25, -0.2) is 0 Å². The fourth-order valence-electron chi connectivity index (χ4n) is 2.90. The molecule has 1 aromatic heterocycles. The molecule has 0 aliphatic carbocycles. The summed E-state index contributed by atoms with van der Waals surface area (Å²) in [5, 5.41) is 11.3. The molecule has 1 aromatic carbocycles. The molecule has 0 spiro atoms. The SMILES string of the molecule is O=Cc1ccnc(-c2cc(N3CCCCC3)ccc2[N+](=O)[O-])c1. The topological polar surface area (TPSA) is 76.3 Å². The molecule has 0 radical (unpaired) electrons. The number of nitro groups is 1. The van der Waals surface area contributed by atoms with Crippen molar-refractivity contribution in [2.24, 2.45) is 0 Å². The Kier molecular flexibility index (Phi) is 4.32. The van der Waals surface area contributed by atoms with Crippen molar-refractivity contribution in [1.82, 2.24) is 4.98 Å². The standard InChI is InChI=1S/C17H17N3O3/c21-12-13-6-7-18-16(10-13)15-11-14(4-5-17(15)20(22)23)19-8-2-1-3-9-19/h4-7,10-12H,1-3,8-9H2. The van der Waals surface area contributed by atoms with Gasteiger partial charge in [0, 0.05) is 36.6 Å². The van der Waals surface area contributed by atoms with E-state index in [1.54, 1.807) is 24.3 Å². The number of aromatic nitrogens is 1. The summed E-state index contributed by atoms with van der Waals surface area (Å²) < 4.78 is 0. The molecule has 1 fully saturated rings. The van der Waals surface area contributed by atoms with Crippen LogP contribution in [-0.2, 0) is 0 Å². The van der Waals surface area contributed by atoms with Crippen LogP contribution in [0.4, 0.5) is 11.4 Å². The van der Waals surface area contributed by atoms with Crippen molar-refractivity contribution in [3.8, 4) is 11.3 Å². The number of benzene rings is 1. The molecule has 1 saturated heterocycles. The number of carbonyl (C=O) groups excluding carboxylic acids is 1. The van der Waals surface area contributed by atoms with Crippen molar-refractivity contribution in [3.05, 3.63) is 52.2 Å². The molecule has 0 saturated carbocycles. The summed E-state index contributed by atoms with van der Waals surface area (Å²) in [6.07, 6.45) is 5.69. The Morgan fingerprint density at radius 1 is 1.13 bits per heavy atom. The zero-order chi connectivity index (χ0) is 16.2. The summed E-state index contributed by atoms with van der Waals surface area (Å²) in [7, 11) is 0. The molecule has 0 amide bonds. The van der Waals surface area contributed by atoms with Crippen molar-refractivity contribution in [2.75, 3.05) is 18.0 Å². The first-order valence-electron chi connectivity index (χ1n) is 7.64. The molecule has 2 heterocycles. The molecule has 1 aliphatic rings. The van der Waals surface area contributed by atoms with E-state index >= 15 is 0 Å². The maximum absolute atomic E-state index is 11.3. The predicted molar refractivity (Wildman–Crippen MR) is 87.8 cm³/mol. The molecule has 0 atom stereocenters. The van der Waals surface area contributed by atoms with Gasteiger partial charge < -0.3 is 4.90 Å². The number of rotatable bonds is 4. The lowest BCUT2D eigenvalue weighted by molar-refractivity contribution is -0.384. The van der Waals surface area contributed by atoms with E-state index in [-0.39, 0.29) is 5.69 Å². The van der Waals surface area contributed by atoms with E-state index in [0.717, 1.165) is 31.6 Å². The van der Waals surface area contributed by atoms with E-state index in [9.17, 15) is 14.9 Å². The number of piperidine rings is 1. The number of aldehydes is 1. The molecule has 0 N–H and O–H groups in total. The first-order chi connectivity index (χ1) is 11.2. The van der Waals surface area contributed by atoms with Crippen LogP contribution in [0, 0.1) is 10.1 Å². The summed E-state index contributed by atoms with van der Waals surface area (Å²) >= 11 is 0. The van der Waals surface area contributed by atoms with Crippen LogP contribution >= 0.6 is 0 Å². The maximum atomic E-state index is 11.3. The number of nitro benzene ring substituents is 1. The molecular formula is C17H17N3O3. The van der Waals surface area contributed by atoms with Gasteiger partial charge in [-0.3, -0.25) is 19.9 Å². The lowest BCUT2D eigenvalue weighted by Crippen LogP contribution is -2.29. The minimum Gasteiger partial charge on any atom is -0.372 e. The average Bonchev–Trinajstić information content (AvgIpc) is 2.62. The number of hydrogen-bond donors (Lipinski definition) is 0. The van der Waals surface area contributed by atoms with Crippen LogP contribution in [0.1, 0.15) is 29.6 Å². The fourth-order valence-corrected chi connectivity index (χ4v) is 2.90. The highest BCUT2D eigenvalue weighted by molar-refractivity contribution is 5.81. The number of pyridine rings is 1. The average molecular weight is 311 g/mol. The van der Waals surface area contributed by atoms with E-state index in [0.29, 0.717) is 23.1 Å². The fraction of sp³-hybridized carbons (Fsp3) is 0.294. The molecule has 0 unspecified atom stereocenters.